The van der Waals surface area contributed by atoms with Gasteiger partial charge in [0.15, 0.2) is 0 Å². The lowest BCUT2D eigenvalue weighted by Gasteiger charge is -2.22. The molecule has 4 heterocycles. The minimum atomic E-state index is -0.825. The van der Waals surface area contributed by atoms with Gasteiger partial charge in [0.05, 0.1) is 19.3 Å². The van der Waals surface area contributed by atoms with E-state index < -0.39 is 6.17 Å². The van der Waals surface area contributed by atoms with Crippen molar-refractivity contribution in [2.24, 2.45) is 0 Å². The minimum Gasteiger partial charge on any atom is -0.480 e. The molecule has 0 radical (unpaired) electrons. The molecule has 1 unspecified atom stereocenters. The van der Waals surface area contributed by atoms with Crippen LogP contribution >= 0.6 is 0 Å². The zero-order valence-electron chi connectivity index (χ0n) is 14.0. The zero-order chi connectivity index (χ0) is 17.4. The Morgan fingerprint density at radius 3 is 2.88 bits per heavy atom. The van der Waals surface area contributed by atoms with E-state index >= 15 is 0 Å². The second-order valence-electron chi connectivity index (χ2n) is 6.39. The molecule has 0 spiro atoms. The van der Waals surface area contributed by atoms with Gasteiger partial charge in [-0.05, 0) is 25.0 Å². The molecule has 0 aromatic carbocycles. The van der Waals surface area contributed by atoms with Crippen molar-refractivity contribution in [2.45, 2.75) is 25.1 Å². The van der Waals surface area contributed by atoms with Crippen LogP contribution in [0.25, 0.3) is 11.1 Å². The van der Waals surface area contributed by atoms with Crippen molar-refractivity contribution in [3.05, 3.63) is 24.5 Å². The number of pyridine rings is 1. The molecule has 2 aromatic heterocycles. The van der Waals surface area contributed by atoms with Gasteiger partial charge in [-0.25, -0.2) is 4.39 Å². The molecule has 2 aliphatic heterocycles. The number of ether oxygens (including phenoxy) is 1. The predicted molar refractivity (Wildman–Crippen MR) is 90.2 cm³/mol. The van der Waals surface area contributed by atoms with Gasteiger partial charge in [0.25, 0.3) is 0 Å². The van der Waals surface area contributed by atoms with Crippen LogP contribution in [0, 0.1) is 0 Å². The van der Waals surface area contributed by atoms with Crippen molar-refractivity contribution in [2.75, 3.05) is 31.6 Å². The molecule has 2 aliphatic rings. The van der Waals surface area contributed by atoms with Crippen molar-refractivity contribution in [3.63, 3.8) is 0 Å². The fourth-order valence-electron chi connectivity index (χ4n) is 3.61. The molecule has 2 aromatic rings. The van der Waals surface area contributed by atoms with Gasteiger partial charge in [-0.15, -0.1) is 0 Å². The first-order chi connectivity index (χ1) is 12.2. The van der Waals surface area contributed by atoms with Gasteiger partial charge in [-0.2, -0.15) is 10.1 Å². The van der Waals surface area contributed by atoms with Gasteiger partial charge >= 0.3 is 0 Å². The van der Waals surface area contributed by atoms with Crippen molar-refractivity contribution >= 4 is 11.7 Å². The van der Waals surface area contributed by atoms with Crippen LogP contribution in [0.5, 0.6) is 5.88 Å². The molecule has 4 rings (SSSR count). The molecule has 25 heavy (non-hydrogen) atoms. The van der Waals surface area contributed by atoms with E-state index in [1.54, 1.807) is 24.4 Å². The molecule has 1 amide bonds. The largest absolute Gasteiger partial charge is 0.480 e. The Bertz CT molecular complexity index is 766. The highest BCUT2D eigenvalue weighted by molar-refractivity contribution is 5.99. The lowest BCUT2D eigenvalue weighted by Crippen LogP contribution is -2.41. The molecule has 2 fully saturated rings. The second kappa shape index (κ2) is 6.44. The average molecular weight is 345 g/mol. The SMILES string of the molecule is COc1nc(N2CCC(N3CC[C@H](F)C3)C2=O)ccc1-c1cn[nH]c1. The number of halogens is 1. The molecule has 7 nitrogen and oxygen atoms in total. The third kappa shape index (κ3) is 2.86. The summed E-state index contributed by atoms with van der Waals surface area (Å²) in [5.74, 6) is 0.993. The third-order valence-corrected chi connectivity index (χ3v) is 4.90. The van der Waals surface area contributed by atoms with E-state index in [0.717, 1.165) is 11.1 Å². The van der Waals surface area contributed by atoms with Gasteiger partial charge in [0.1, 0.15) is 12.0 Å². The van der Waals surface area contributed by atoms with E-state index in [2.05, 4.69) is 15.2 Å². The van der Waals surface area contributed by atoms with Crippen molar-refractivity contribution in [3.8, 4) is 17.0 Å². The van der Waals surface area contributed by atoms with Crippen LogP contribution in [0.2, 0.25) is 0 Å². The van der Waals surface area contributed by atoms with Crippen LogP contribution in [-0.2, 0) is 4.79 Å². The van der Waals surface area contributed by atoms with Crippen LogP contribution in [0.15, 0.2) is 24.5 Å². The second-order valence-corrected chi connectivity index (χ2v) is 6.39. The normalized spacial score (nSPS) is 24.2. The van der Waals surface area contributed by atoms with E-state index in [9.17, 15) is 9.18 Å². The standard InChI is InChI=1S/C17H20FN5O2/c1-25-16-13(11-8-19-20-9-11)2-3-15(21-16)23-7-5-14(17(23)24)22-6-4-12(18)10-22/h2-3,8-9,12,14H,4-7,10H2,1H3,(H,19,20)/t12-,14?/m0/s1. The zero-order valence-corrected chi connectivity index (χ0v) is 14.0. The number of hydrogen-bond donors (Lipinski definition) is 1. The molecule has 0 bridgehead atoms. The number of hydrogen-bond acceptors (Lipinski definition) is 5. The number of amides is 1. The highest BCUT2D eigenvalue weighted by atomic mass is 19.1. The van der Waals surface area contributed by atoms with E-state index in [1.165, 1.54) is 0 Å². The fourth-order valence-corrected chi connectivity index (χ4v) is 3.61. The molecule has 0 saturated carbocycles. The van der Waals surface area contributed by atoms with Gasteiger partial charge in [-0.3, -0.25) is 19.7 Å². The Morgan fingerprint density at radius 2 is 2.20 bits per heavy atom. The maximum Gasteiger partial charge on any atom is 0.245 e. The van der Waals surface area contributed by atoms with Crippen molar-refractivity contribution in [1.29, 1.82) is 0 Å². The topological polar surface area (TPSA) is 74.3 Å². The Hall–Kier alpha value is -2.48. The number of nitrogens with one attached hydrogen (secondary N) is 1. The number of aromatic amines is 1. The Kier molecular flexibility index (Phi) is 4.12. The van der Waals surface area contributed by atoms with E-state index in [-0.39, 0.29) is 11.9 Å². The molecule has 2 saturated heterocycles. The number of alkyl halides is 1. The minimum absolute atomic E-state index is 0.0142. The summed E-state index contributed by atoms with van der Waals surface area (Å²) >= 11 is 0. The number of nitrogens with zero attached hydrogens (tertiary/aromatic N) is 4. The van der Waals surface area contributed by atoms with Crippen LogP contribution in [-0.4, -0.2) is 64.9 Å². The van der Waals surface area contributed by atoms with Gasteiger partial charge in [0, 0.05) is 37.0 Å². The highest BCUT2D eigenvalue weighted by Gasteiger charge is 2.40. The number of likely N-dealkylation sites (tertiary alicyclic amines) is 1. The predicted octanol–water partition coefficient (Wildman–Crippen LogP) is 1.63. The molecule has 0 aliphatic carbocycles. The quantitative estimate of drug-likeness (QED) is 0.912. The lowest BCUT2D eigenvalue weighted by atomic mass is 10.1. The van der Waals surface area contributed by atoms with Gasteiger partial charge in [0.2, 0.25) is 11.8 Å². The van der Waals surface area contributed by atoms with Gasteiger partial charge in [-0.1, -0.05) is 0 Å². The number of aromatic nitrogens is 3. The van der Waals surface area contributed by atoms with E-state index in [1.807, 2.05) is 17.0 Å². The Labute approximate surface area is 144 Å². The number of carbonyl (C=O) groups is 1. The molecule has 1 N–H and O–H groups in total. The molecule has 2 atom stereocenters. The first-order valence-electron chi connectivity index (χ1n) is 8.41. The van der Waals surface area contributed by atoms with Crippen LogP contribution < -0.4 is 9.64 Å². The number of H-pyrrole nitrogens is 1. The summed E-state index contributed by atoms with van der Waals surface area (Å²) in [6.07, 6.45) is 3.83. The number of anilines is 1. The monoisotopic (exact) mass is 345 g/mol. The summed E-state index contributed by atoms with van der Waals surface area (Å²) in [6.45, 7) is 1.57. The Balaban J connectivity index is 1.57. The summed E-state index contributed by atoms with van der Waals surface area (Å²) < 4.78 is 18.8. The lowest BCUT2D eigenvalue weighted by molar-refractivity contribution is -0.121. The molecule has 8 heteroatoms. The molecular formula is C17H20FN5O2. The van der Waals surface area contributed by atoms with Crippen LogP contribution in [0.4, 0.5) is 10.2 Å². The van der Waals surface area contributed by atoms with Crippen molar-refractivity contribution in [1.82, 2.24) is 20.1 Å². The van der Waals surface area contributed by atoms with Gasteiger partial charge < -0.3 is 4.74 Å². The highest BCUT2D eigenvalue weighted by Crippen LogP contribution is 2.32. The number of rotatable bonds is 4. The Morgan fingerprint density at radius 1 is 1.32 bits per heavy atom. The first kappa shape index (κ1) is 16.0. The van der Waals surface area contributed by atoms with Crippen molar-refractivity contribution < 1.29 is 13.9 Å². The number of methoxy groups -OCH3 is 1. The molecular weight excluding hydrogens is 325 g/mol. The maximum absolute atomic E-state index is 13.4. The maximum atomic E-state index is 13.4. The summed E-state index contributed by atoms with van der Waals surface area (Å²) in [5.41, 5.74) is 1.68. The smallest absolute Gasteiger partial charge is 0.245 e. The average Bonchev–Trinajstić information content (AvgIpc) is 3.35. The summed E-state index contributed by atoms with van der Waals surface area (Å²) in [7, 11) is 1.55. The summed E-state index contributed by atoms with van der Waals surface area (Å²) in [4.78, 5) is 20.9. The van der Waals surface area contributed by atoms with E-state index in [0.29, 0.717) is 44.2 Å². The third-order valence-electron chi connectivity index (χ3n) is 4.90. The fraction of sp³-hybridized carbons (Fsp3) is 0.471. The van der Waals surface area contributed by atoms with Crippen LogP contribution in [0.3, 0.4) is 0 Å². The first-order valence-corrected chi connectivity index (χ1v) is 8.41. The summed E-state index contributed by atoms with van der Waals surface area (Å²) in [5, 5.41) is 6.70. The van der Waals surface area contributed by atoms with Crippen LogP contribution in [0.1, 0.15) is 12.8 Å². The molecule has 132 valence electrons. The number of carbonyl (C=O) groups excluding carboxylic acids is 1. The van der Waals surface area contributed by atoms with E-state index in [4.69, 9.17) is 4.74 Å². The summed E-state index contributed by atoms with van der Waals surface area (Å²) in [6, 6.07) is 3.44.